The lowest BCUT2D eigenvalue weighted by Crippen LogP contribution is -2.23. The molecule has 0 atom stereocenters. The summed E-state index contributed by atoms with van der Waals surface area (Å²) >= 11 is 0. The molecule has 1 fully saturated rings. The van der Waals surface area contributed by atoms with Gasteiger partial charge in [-0.1, -0.05) is 6.07 Å². The highest BCUT2D eigenvalue weighted by atomic mass is 16.4. The van der Waals surface area contributed by atoms with E-state index in [1.807, 2.05) is 31.2 Å². The molecule has 3 heterocycles. The van der Waals surface area contributed by atoms with E-state index in [1.54, 1.807) is 6.07 Å². The lowest BCUT2D eigenvalue weighted by molar-refractivity contribution is 0.0918. The molecule has 6 heteroatoms. The predicted octanol–water partition coefficient (Wildman–Crippen LogP) is 2.99. The topological polar surface area (TPSA) is 74.2 Å². The van der Waals surface area contributed by atoms with E-state index in [2.05, 4.69) is 20.2 Å². The summed E-state index contributed by atoms with van der Waals surface area (Å²) in [5.74, 6) is 1.70. The Labute approximate surface area is 146 Å². The van der Waals surface area contributed by atoms with Crippen molar-refractivity contribution in [1.82, 2.24) is 20.2 Å². The molecule has 2 N–H and O–H groups in total. The third kappa shape index (κ3) is 3.58. The molecule has 130 valence electrons. The second-order valence-electron chi connectivity index (χ2n) is 6.64. The van der Waals surface area contributed by atoms with Crippen LogP contribution < -0.4 is 5.32 Å². The van der Waals surface area contributed by atoms with Gasteiger partial charge in [0, 0.05) is 0 Å². The average Bonchev–Trinajstić information content (AvgIpc) is 3.33. The molecular formula is C19H22N4O2. The number of rotatable bonds is 5. The molecule has 2 aromatic heterocycles. The second-order valence-corrected chi connectivity index (χ2v) is 6.64. The molecule has 1 aliphatic heterocycles. The predicted molar refractivity (Wildman–Crippen MR) is 95.2 cm³/mol. The van der Waals surface area contributed by atoms with Gasteiger partial charge in [0.05, 0.1) is 24.1 Å². The molecule has 4 rings (SSSR count). The fourth-order valence-corrected chi connectivity index (χ4v) is 3.26. The van der Waals surface area contributed by atoms with E-state index < -0.39 is 0 Å². The molecule has 0 saturated carbocycles. The zero-order chi connectivity index (χ0) is 17.2. The first kappa shape index (κ1) is 15.9. The maximum Gasteiger partial charge on any atom is 0.287 e. The summed E-state index contributed by atoms with van der Waals surface area (Å²) < 4.78 is 5.69. The molecule has 0 unspecified atom stereocenters. The number of aryl methyl sites for hydroxylation is 1. The number of aromatic nitrogens is 2. The Morgan fingerprint density at radius 1 is 1.28 bits per heavy atom. The van der Waals surface area contributed by atoms with Crippen LogP contribution in [-0.2, 0) is 13.1 Å². The van der Waals surface area contributed by atoms with Gasteiger partial charge in [0.2, 0.25) is 0 Å². The van der Waals surface area contributed by atoms with E-state index in [4.69, 9.17) is 4.42 Å². The van der Waals surface area contributed by atoms with Gasteiger partial charge in [0.15, 0.2) is 5.76 Å². The Morgan fingerprint density at radius 2 is 2.12 bits per heavy atom. The molecule has 0 bridgehead atoms. The van der Waals surface area contributed by atoms with Gasteiger partial charge in [-0.3, -0.25) is 9.69 Å². The molecule has 1 amide bonds. The van der Waals surface area contributed by atoms with Gasteiger partial charge in [-0.05, 0) is 62.7 Å². The second kappa shape index (κ2) is 6.72. The number of carbonyl (C=O) groups is 1. The van der Waals surface area contributed by atoms with E-state index >= 15 is 0 Å². The summed E-state index contributed by atoms with van der Waals surface area (Å²) in [7, 11) is 0. The number of aromatic amines is 1. The van der Waals surface area contributed by atoms with E-state index in [-0.39, 0.29) is 5.91 Å². The third-order valence-corrected chi connectivity index (χ3v) is 4.57. The number of H-pyrrole nitrogens is 1. The number of nitrogens with one attached hydrogen (secondary N) is 2. The first-order valence-corrected chi connectivity index (χ1v) is 8.72. The van der Waals surface area contributed by atoms with Crippen molar-refractivity contribution < 1.29 is 9.21 Å². The van der Waals surface area contributed by atoms with Crippen molar-refractivity contribution in [2.75, 3.05) is 13.1 Å². The Balaban J connectivity index is 1.37. The number of furan rings is 1. The van der Waals surface area contributed by atoms with Crippen molar-refractivity contribution in [3.05, 3.63) is 53.2 Å². The van der Waals surface area contributed by atoms with E-state index in [1.165, 1.54) is 18.4 Å². The van der Waals surface area contributed by atoms with E-state index in [0.717, 1.165) is 42.3 Å². The number of benzene rings is 1. The number of likely N-dealkylation sites (tertiary alicyclic amines) is 1. The molecule has 0 spiro atoms. The molecule has 1 saturated heterocycles. The van der Waals surface area contributed by atoms with E-state index in [9.17, 15) is 4.79 Å². The van der Waals surface area contributed by atoms with Crippen molar-refractivity contribution in [3.63, 3.8) is 0 Å². The number of carbonyl (C=O) groups excluding carboxylic acids is 1. The summed E-state index contributed by atoms with van der Waals surface area (Å²) in [5.41, 5.74) is 3.06. The Hall–Kier alpha value is -2.60. The summed E-state index contributed by atoms with van der Waals surface area (Å²) in [6.07, 6.45) is 2.48. The molecule has 0 aliphatic carbocycles. The average molecular weight is 338 g/mol. The monoisotopic (exact) mass is 338 g/mol. The lowest BCUT2D eigenvalue weighted by atomic mass is 10.2. The van der Waals surface area contributed by atoms with Gasteiger partial charge in [0.25, 0.3) is 5.91 Å². The number of imidazole rings is 1. The first-order chi connectivity index (χ1) is 12.2. The molecule has 3 aromatic rings. The van der Waals surface area contributed by atoms with Gasteiger partial charge in [0.1, 0.15) is 11.6 Å². The van der Waals surface area contributed by atoms with Crippen LogP contribution in [0, 0.1) is 6.92 Å². The van der Waals surface area contributed by atoms with Gasteiger partial charge in [-0.2, -0.15) is 0 Å². The maximum absolute atomic E-state index is 12.3. The van der Waals surface area contributed by atoms with Gasteiger partial charge in [-0.15, -0.1) is 0 Å². The maximum atomic E-state index is 12.3. The standard InChI is InChI=1S/C19H22N4O2/c1-13-4-6-15-16(10-13)22-18(21-15)11-20-19(24)17-7-5-14(25-17)12-23-8-2-3-9-23/h4-7,10H,2-3,8-9,11-12H2,1H3,(H,20,24)(H,21,22). The first-order valence-electron chi connectivity index (χ1n) is 8.72. The fourth-order valence-electron chi connectivity index (χ4n) is 3.26. The SMILES string of the molecule is Cc1ccc2nc(CNC(=O)c3ccc(CN4CCCC4)o3)[nH]c2c1. The zero-order valence-corrected chi connectivity index (χ0v) is 14.3. The molecule has 25 heavy (non-hydrogen) atoms. The molecule has 6 nitrogen and oxygen atoms in total. The Morgan fingerprint density at radius 3 is 2.96 bits per heavy atom. The van der Waals surface area contributed by atoms with Crippen molar-refractivity contribution in [2.45, 2.75) is 32.9 Å². The van der Waals surface area contributed by atoms with Crippen LogP contribution in [0.4, 0.5) is 0 Å². The zero-order valence-electron chi connectivity index (χ0n) is 14.3. The number of hydrogen-bond donors (Lipinski definition) is 2. The highest BCUT2D eigenvalue weighted by molar-refractivity contribution is 5.91. The highest BCUT2D eigenvalue weighted by Crippen LogP contribution is 2.16. The summed E-state index contributed by atoms with van der Waals surface area (Å²) in [6, 6.07) is 9.67. The minimum atomic E-state index is -0.218. The van der Waals surface area contributed by atoms with Crippen LogP contribution in [0.5, 0.6) is 0 Å². The number of hydrogen-bond acceptors (Lipinski definition) is 4. The van der Waals surface area contributed by atoms with Gasteiger partial charge < -0.3 is 14.7 Å². The van der Waals surface area contributed by atoms with Crippen LogP contribution in [0.2, 0.25) is 0 Å². The van der Waals surface area contributed by atoms with Crippen LogP contribution in [0.3, 0.4) is 0 Å². The normalized spacial score (nSPS) is 15.1. The van der Waals surface area contributed by atoms with Crippen molar-refractivity contribution in [3.8, 4) is 0 Å². The van der Waals surface area contributed by atoms with Crippen LogP contribution >= 0.6 is 0 Å². The van der Waals surface area contributed by atoms with Crippen molar-refractivity contribution in [1.29, 1.82) is 0 Å². The molecule has 1 aliphatic rings. The minimum Gasteiger partial charge on any atom is -0.455 e. The Kier molecular flexibility index (Phi) is 4.28. The number of nitrogens with zero attached hydrogens (tertiary/aromatic N) is 2. The van der Waals surface area contributed by atoms with Crippen LogP contribution in [0.1, 0.15) is 40.5 Å². The number of fused-ring (bicyclic) bond motifs is 1. The quantitative estimate of drug-likeness (QED) is 0.750. The van der Waals surface area contributed by atoms with Crippen LogP contribution in [0.15, 0.2) is 34.7 Å². The van der Waals surface area contributed by atoms with Crippen molar-refractivity contribution in [2.24, 2.45) is 0 Å². The van der Waals surface area contributed by atoms with Gasteiger partial charge in [-0.25, -0.2) is 4.98 Å². The molecule has 0 radical (unpaired) electrons. The minimum absolute atomic E-state index is 0.218. The smallest absolute Gasteiger partial charge is 0.287 e. The van der Waals surface area contributed by atoms with E-state index in [0.29, 0.717) is 12.3 Å². The highest BCUT2D eigenvalue weighted by Gasteiger charge is 2.16. The van der Waals surface area contributed by atoms with Crippen LogP contribution in [-0.4, -0.2) is 33.9 Å². The Bertz CT molecular complexity index is 890. The third-order valence-electron chi connectivity index (χ3n) is 4.57. The van der Waals surface area contributed by atoms with Crippen LogP contribution in [0.25, 0.3) is 11.0 Å². The summed E-state index contributed by atoms with van der Waals surface area (Å²) in [4.78, 5) is 22.3. The largest absolute Gasteiger partial charge is 0.455 e. The summed E-state index contributed by atoms with van der Waals surface area (Å²) in [5, 5.41) is 2.86. The van der Waals surface area contributed by atoms with Gasteiger partial charge >= 0.3 is 0 Å². The lowest BCUT2D eigenvalue weighted by Gasteiger charge is -2.11. The molecular weight excluding hydrogens is 316 g/mol. The fraction of sp³-hybridized carbons (Fsp3) is 0.368. The summed E-state index contributed by atoms with van der Waals surface area (Å²) in [6.45, 7) is 5.37. The van der Waals surface area contributed by atoms with Crippen molar-refractivity contribution >= 4 is 16.9 Å². The number of amides is 1. The molecule has 1 aromatic carbocycles.